The summed E-state index contributed by atoms with van der Waals surface area (Å²) in [7, 11) is -4.17. The Balaban J connectivity index is -0.00000157. The second kappa shape index (κ2) is 36.1. The molecule has 0 saturated carbocycles. The van der Waals surface area contributed by atoms with Crippen LogP contribution in [0.25, 0.3) is 0 Å². The molecule has 0 atom stereocenters. The van der Waals surface area contributed by atoms with Gasteiger partial charge in [-0.05, 0) is 56.7 Å². The van der Waals surface area contributed by atoms with Crippen LogP contribution in [0.2, 0.25) is 0 Å². The van der Waals surface area contributed by atoms with E-state index in [1.165, 1.54) is 109 Å². The van der Waals surface area contributed by atoms with Crippen molar-refractivity contribution in [3.63, 3.8) is 0 Å². The average Bonchev–Trinajstić information content (AvgIpc) is 2.96. The first kappa shape index (κ1) is 47.0. The molecule has 0 spiro atoms. The van der Waals surface area contributed by atoms with Crippen LogP contribution in [0.1, 0.15) is 181 Å². The Bertz CT molecular complexity index is 796. The van der Waals surface area contributed by atoms with Gasteiger partial charge in [0.05, 0.1) is 4.90 Å². The van der Waals surface area contributed by atoms with E-state index >= 15 is 0 Å². The topological polar surface area (TPSA) is 91.7 Å². The second-order valence-corrected chi connectivity index (χ2v) is 13.3. The fourth-order valence-corrected chi connectivity index (χ4v) is 5.76. The zero-order valence-corrected chi connectivity index (χ0v) is 31.3. The maximum absolute atomic E-state index is 12.0. The molecule has 5 nitrogen and oxygen atoms in total. The number of hydrogen-bond donors (Lipinski definition) is 2. The molecule has 43 heavy (non-hydrogen) atoms. The number of aliphatic hydroxyl groups is 1. The van der Waals surface area contributed by atoms with E-state index in [2.05, 4.69) is 19.9 Å². The first-order valence-electron chi connectivity index (χ1n) is 17.4. The fourth-order valence-electron chi connectivity index (χ4n) is 4.96. The van der Waals surface area contributed by atoms with E-state index in [0.717, 1.165) is 63.6 Å². The number of aliphatic hydroxyl groups excluding tert-OH is 1. The van der Waals surface area contributed by atoms with Gasteiger partial charge in [0.1, 0.15) is 0 Å². The predicted octanol–water partition coefficient (Wildman–Crippen LogP) is 11.4. The first-order valence-corrected chi connectivity index (χ1v) is 19.4. The van der Waals surface area contributed by atoms with Gasteiger partial charge in [-0.15, -0.1) is 0 Å². The first-order chi connectivity index (χ1) is 20.6. The predicted molar refractivity (Wildman–Crippen MR) is 181 cm³/mol. The molecule has 0 aliphatic carbocycles. The summed E-state index contributed by atoms with van der Waals surface area (Å²) < 4.78 is 42.0. The number of rotatable bonds is 23. The van der Waals surface area contributed by atoms with Gasteiger partial charge in [0, 0.05) is 6.10 Å². The molecule has 0 radical (unpaired) electrons. The Morgan fingerprint density at radius 3 is 1.28 bits per heavy atom. The minimum absolute atomic E-state index is 0.132. The normalized spacial score (nSPS) is 10.8. The van der Waals surface area contributed by atoms with Crippen molar-refractivity contribution < 1.29 is 41.8 Å². The Labute approximate surface area is 280 Å². The van der Waals surface area contributed by atoms with E-state index in [0.29, 0.717) is 0 Å². The van der Waals surface area contributed by atoms with E-state index in [1.807, 2.05) is 20.3 Å². The summed E-state index contributed by atoms with van der Waals surface area (Å²) >= 11 is 0.750. The van der Waals surface area contributed by atoms with Crippen molar-refractivity contribution in [3.8, 4) is 0 Å². The molecule has 7 heteroatoms. The molecule has 2 N–H and O–H groups in total. The number of aryl methyl sites for hydroxylation is 1. The molecule has 0 aliphatic heterocycles. The third-order valence-corrected chi connectivity index (χ3v) is 8.03. The Morgan fingerprint density at radius 2 is 0.953 bits per heavy atom. The molecule has 0 aromatic heterocycles. The monoisotopic (exact) mass is 661 g/mol. The van der Waals surface area contributed by atoms with Crippen molar-refractivity contribution in [1.29, 1.82) is 0 Å². The number of hydrogen-bond acceptors (Lipinski definition) is 4. The van der Waals surface area contributed by atoms with Crippen LogP contribution in [-0.2, 0) is 46.7 Å². The van der Waals surface area contributed by atoms with Crippen molar-refractivity contribution in [2.45, 2.75) is 194 Å². The summed E-state index contributed by atoms with van der Waals surface area (Å²) in [4.78, 5) is 0.132. The second-order valence-electron chi connectivity index (χ2n) is 11.9. The molecule has 253 valence electrons. The van der Waals surface area contributed by atoms with E-state index in [4.69, 9.17) is 8.43 Å². The molecule has 0 fully saturated rings. The van der Waals surface area contributed by atoms with Gasteiger partial charge < -0.3 is 11.5 Å². The Morgan fingerprint density at radius 1 is 0.651 bits per heavy atom. The molecule has 0 saturated heterocycles. The van der Waals surface area contributed by atoms with Gasteiger partial charge in [-0.2, -0.15) is 22.3 Å². The fraction of sp³-hybridized carbons (Fsp3) is 0.806. The molecule has 0 unspecified atom stereocenters. The molecule has 1 rings (SSSR count). The van der Waals surface area contributed by atoms with Gasteiger partial charge in [-0.1, -0.05) is 142 Å². The van der Waals surface area contributed by atoms with Crippen LogP contribution in [-0.4, -0.2) is 24.2 Å². The molecule has 0 bridgehead atoms. The van der Waals surface area contributed by atoms with Crippen LogP contribution in [0.15, 0.2) is 23.1 Å². The Kier molecular flexibility index (Phi) is 39.4. The molecular weight excluding hydrogens is 592 g/mol. The van der Waals surface area contributed by atoms with Gasteiger partial charge >= 0.3 is 23.7 Å². The molecule has 0 amide bonds. The third kappa shape index (κ3) is 34.3. The summed E-state index contributed by atoms with van der Waals surface area (Å²) in [6.45, 7) is 12.0. The molecule has 0 heterocycles. The third-order valence-electron chi connectivity index (χ3n) is 7.09. The van der Waals surface area contributed by atoms with Gasteiger partial charge in [0.2, 0.25) is 0 Å². The summed E-state index contributed by atoms with van der Waals surface area (Å²) in [5, 5.41) is 8.06. The molecule has 1 aromatic rings. The van der Waals surface area contributed by atoms with Crippen LogP contribution >= 0.6 is 0 Å². The van der Waals surface area contributed by atoms with Crippen molar-refractivity contribution >= 4 is 10.1 Å². The standard InChI is InChI=1S/C30H54O3S.C3H8O.C3H7.O.Ti/c1-3-5-7-9-11-13-15-17-19-21-24-28-25-23-27-30(34(31,32)33)29(28)26-22-20-18-16-14-12-10-8-6-4-2;1-3(2)4;1-3-2;;/h23,25,27H,3-22,24,26H2,1-2H3,(H,31,32,33);3-4H,1-2H3;3H,1-2H3;;/q;;-1;;+1. The van der Waals surface area contributed by atoms with E-state index in [1.54, 1.807) is 26.0 Å². The van der Waals surface area contributed by atoms with E-state index in [-0.39, 0.29) is 11.0 Å². The van der Waals surface area contributed by atoms with Crippen molar-refractivity contribution in [2.75, 3.05) is 0 Å². The molecule has 0 aliphatic rings. The van der Waals surface area contributed by atoms with Crippen LogP contribution < -0.4 is 0 Å². The van der Waals surface area contributed by atoms with Crippen LogP contribution in [0.3, 0.4) is 0 Å². The van der Waals surface area contributed by atoms with Gasteiger partial charge in [-0.3, -0.25) is 4.55 Å². The van der Waals surface area contributed by atoms with Gasteiger partial charge in [0.15, 0.2) is 0 Å². The summed E-state index contributed by atoms with van der Waals surface area (Å²) in [5.74, 6) is 0. The van der Waals surface area contributed by atoms with Crippen LogP contribution in [0.4, 0.5) is 0 Å². The minimum atomic E-state index is -4.17. The molecular formula is C36H69O5STi. The average molecular weight is 662 g/mol. The Hall–Kier alpha value is -0.396. The number of unbranched alkanes of at least 4 members (excludes halogenated alkanes) is 18. The van der Waals surface area contributed by atoms with Crippen molar-refractivity contribution in [3.05, 3.63) is 35.7 Å². The van der Waals surface area contributed by atoms with E-state index < -0.39 is 10.1 Å². The van der Waals surface area contributed by atoms with Gasteiger partial charge in [0.25, 0.3) is 10.1 Å². The molecule has 1 aromatic carbocycles. The maximum atomic E-state index is 12.0. The van der Waals surface area contributed by atoms with E-state index in [9.17, 15) is 13.0 Å². The van der Waals surface area contributed by atoms with Crippen LogP contribution in [0, 0.1) is 6.42 Å². The van der Waals surface area contributed by atoms with Crippen LogP contribution in [0.5, 0.6) is 0 Å². The summed E-state index contributed by atoms with van der Waals surface area (Å²) in [6.07, 6.45) is 29.1. The quantitative estimate of drug-likeness (QED) is 0.0527. The SMILES string of the molecule is CC(C)O.CCCCCCCCCCCCc1cccc(S(=O)(=O)O)c1CCCCCCCCCCCC.C[CH-]C.[O]=[Ti+]. The number of benzene rings is 1. The van der Waals surface area contributed by atoms with Gasteiger partial charge in [-0.25, -0.2) is 0 Å². The zero-order valence-electron chi connectivity index (χ0n) is 29.0. The summed E-state index contributed by atoms with van der Waals surface area (Å²) in [5.41, 5.74) is 1.98. The summed E-state index contributed by atoms with van der Waals surface area (Å²) in [6, 6.07) is 5.42. The van der Waals surface area contributed by atoms with Crippen molar-refractivity contribution in [1.82, 2.24) is 0 Å². The van der Waals surface area contributed by atoms with Crippen molar-refractivity contribution in [2.24, 2.45) is 0 Å². The zero-order chi connectivity index (χ0) is 33.2.